The molecule has 2 N–H and O–H groups in total. The van der Waals surface area contributed by atoms with Crippen LogP contribution in [0.3, 0.4) is 0 Å². The summed E-state index contributed by atoms with van der Waals surface area (Å²) in [6.07, 6.45) is 0. The van der Waals surface area contributed by atoms with Crippen molar-refractivity contribution in [3.05, 3.63) is 47.7 Å². The Morgan fingerprint density at radius 2 is 2.05 bits per heavy atom. The van der Waals surface area contributed by atoms with Crippen molar-refractivity contribution in [2.45, 2.75) is 6.92 Å². The molecule has 0 saturated heterocycles. The number of benzene rings is 1. The number of fused-ring (bicyclic) bond motifs is 1. The van der Waals surface area contributed by atoms with E-state index in [0.717, 1.165) is 5.56 Å². The van der Waals surface area contributed by atoms with E-state index in [0.29, 0.717) is 16.8 Å². The minimum absolute atomic E-state index is 0.266. The van der Waals surface area contributed by atoms with Crippen LogP contribution in [0.15, 0.2) is 40.9 Å². The minimum atomic E-state index is -0.624. The first kappa shape index (κ1) is 12.3. The molecule has 0 spiro atoms. The summed E-state index contributed by atoms with van der Waals surface area (Å²) in [5, 5.41) is 13.2. The fraction of sp³-hybridized carbons (Fsp3) is 0.0714. The van der Waals surface area contributed by atoms with E-state index in [9.17, 15) is 4.79 Å². The Kier molecular flexibility index (Phi) is 2.92. The molecule has 0 saturated carbocycles. The molecule has 0 aliphatic heterocycles. The van der Waals surface area contributed by atoms with Crippen molar-refractivity contribution < 1.29 is 14.5 Å². The van der Waals surface area contributed by atoms with E-state index in [1.165, 1.54) is 0 Å². The van der Waals surface area contributed by atoms with Gasteiger partial charge in [-0.3, -0.25) is 10.0 Å². The van der Waals surface area contributed by atoms with E-state index in [1.54, 1.807) is 18.5 Å². The number of hydrogen-bond acceptors (Lipinski definition) is 5. The summed E-state index contributed by atoms with van der Waals surface area (Å²) in [5.74, 6) is -0.624. The number of hydroxylamine groups is 1. The molecule has 0 bridgehead atoms. The molecule has 0 aliphatic carbocycles. The molecule has 3 aromatic rings. The fourth-order valence-electron chi connectivity index (χ4n) is 2.09. The van der Waals surface area contributed by atoms with Crippen LogP contribution in [0.5, 0.6) is 0 Å². The average molecular weight is 269 g/mol. The van der Waals surface area contributed by atoms with Gasteiger partial charge in [0.1, 0.15) is 0 Å². The average Bonchev–Trinajstić information content (AvgIpc) is 2.88. The Bertz CT molecular complexity index is 781. The molecule has 6 heteroatoms. The van der Waals surface area contributed by atoms with Crippen LogP contribution in [0, 0.1) is 6.92 Å². The third-order valence-electron chi connectivity index (χ3n) is 3.03. The van der Waals surface area contributed by atoms with Crippen molar-refractivity contribution in [3.63, 3.8) is 0 Å². The van der Waals surface area contributed by atoms with Crippen LogP contribution >= 0.6 is 0 Å². The number of rotatable bonds is 2. The number of aryl methyl sites for hydroxylation is 1. The summed E-state index contributed by atoms with van der Waals surface area (Å²) in [6.45, 7) is 1.71. The molecule has 0 unspecified atom stereocenters. The first-order chi connectivity index (χ1) is 9.70. The molecule has 3 rings (SSSR count). The van der Waals surface area contributed by atoms with Gasteiger partial charge in [0, 0.05) is 5.56 Å². The van der Waals surface area contributed by atoms with Gasteiger partial charge in [-0.25, -0.2) is 10.5 Å². The smallest absolute Gasteiger partial charge is 0.275 e. The standard InChI is InChI=1S/C14H11N3O3/c1-8-12-10(13(18)16-19)7-11(15-14(12)20-17-8)9-5-3-2-4-6-9/h2-7,19H,1H3,(H,16,18). The van der Waals surface area contributed by atoms with Crippen LogP contribution in [0.25, 0.3) is 22.4 Å². The zero-order chi connectivity index (χ0) is 14.1. The molecule has 0 atom stereocenters. The van der Waals surface area contributed by atoms with Crippen molar-refractivity contribution in [1.29, 1.82) is 0 Å². The molecular formula is C14H11N3O3. The van der Waals surface area contributed by atoms with Gasteiger partial charge in [-0.2, -0.15) is 0 Å². The van der Waals surface area contributed by atoms with E-state index < -0.39 is 5.91 Å². The van der Waals surface area contributed by atoms with E-state index in [-0.39, 0.29) is 11.3 Å². The molecule has 20 heavy (non-hydrogen) atoms. The molecule has 1 amide bonds. The normalized spacial score (nSPS) is 10.7. The minimum Gasteiger partial charge on any atom is -0.335 e. The predicted octanol–water partition coefficient (Wildman–Crippen LogP) is 2.32. The molecular weight excluding hydrogens is 258 g/mol. The number of hydrogen-bond donors (Lipinski definition) is 2. The Morgan fingerprint density at radius 1 is 1.30 bits per heavy atom. The van der Waals surface area contributed by atoms with Gasteiger partial charge in [0.2, 0.25) is 0 Å². The van der Waals surface area contributed by atoms with Crippen molar-refractivity contribution in [2.75, 3.05) is 0 Å². The number of amides is 1. The Labute approximate surface area is 114 Å². The third-order valence-corrected chi connectivity index (χ3v) is 3.03. The maximum atomic E-state index is 11.8. The second kappa shape index (κ2) is 4.75. The highest BCUT2D eigenvalue weighted by Gasteiger charge is 2.18. The summed E-state index contributed by atoms with van der Waals surface area (Å²) in [7, 11) is 0. The van der Waals surface area contributed by atoms with E-state index in [1.807, 2.05) is 30.3 Å². The van der Waals surface area contributed by atoms with Crippen LogP contribution in [0.1, 0.15) is 16.1 Å². The van der Waals surface area contributed by atoms with Crippen molar-refractivity contribution in [3.8, 4) is 11.3 Å². The zero-order valence-corrected chi connectivity index (χ0v) is 10.6. The Balaban J connectivity index is 2.29. The number of aromatic nitrogens is 2. The quantitative estimate of drug-likeness (QED) is 0.550. The van der Waals surface area contributed by atoms with E-state index >= 15 is 0 Å². The van der Waals surface area contributed by atoms with Gasteiger partial charge in [-0.15, -0.1) is 0 Å². The first-order valence-electron chi connectivity index (χ1n) is 5.97. The maximum Gasteiger partial charge on any atom is 0.275 e. The number of nitrogens with one attached hydrogen (secondary N) is 1. The predicted molar refractivity (Wildman–Crippen MR) is 71.2 cm³/mol. The van der Waals surface area contributed by atoms with Crippen LogP contribution in [-0.4, -0.2) is 21.3 Å². The topological polar surface area (TPSA) is 88.2 Å². The van der Waals surface area contributed by atoms with E-state index in [4.69, 9.17) is 9.73 Å². The molecule has 0 radical (unpaired) electrons. The highest BCUT2D eigenvalue weighted by molar-refractivity contribution is 6.06. The summed E-state index contributed by atoms with van der Waals surface area (Å²) >= 11 is 0. The van der Waals surface area contributed by atoms with Gasteiger partial charge in [0.15, 0.2) is 0 Å². The molecule has 0 fully saturated rings. The highest BCUT2D eigenvalue weighted by atomic mass is 16.5. The lowest BCUT2D eigenvalue weighted by atomic mass is 10.1. The lowest BCUT2D eigenvalue weighted by Crippen LogP contribution is -2.19. The van der Waals surface area contributed by atoms with Crippen LogP contribution < -0.4 is 5.48 Å². The molecule has 2 heterocycles. The van der Waals surface area contributed by atoms with Gasteiger partial charge >= 0.3 is 0 Å². The number of carbonyl (C=O) groups excluding carboxylic acids is 1. The van der Waals surface area contributed by atoms with Crippen LogP contribution in [0.4, 0.5) is 0 Å². The maximum absolute atomic E-state index is 11.8. The van der Waals surface area contributed by atoms with Crippen LogP contribution in [-0.2, 0) is 0 Å². The van der Waals surface area contributed by atoms with Crippen LogP contribution in [0.2, 0.25) is 0 Å². The number of pyridine rings is 1. The largest absolute Gasteiger partial charge is 0.335 e. The second-order valence-electron chi connectivity index (χ2n) is 4.31. The second-order valence-corrected chi connectivity index (χ2v) is 4.31. The molecule has 2 aromatic heterocycles. The molecule has 1 aromatic carbocycles. The van der Waals surface area contributed by atoms with Gasteiger partial charge in [-0.05, 0) is 13.0 Å². The van der Waals surface area contributed by atoms with E-state index in [2.05, 4.69) is 10.1 Å². The zero-order valence-electron chi connectivity index (χ0n) is 10.6. The molecule has 100 valence electrons. The Morgan fingerprint density at radius 3 is 2.75 bits per heavy atom. The lowest BCUT2D eigenvalue weighted by Gasteiger charge is -2.05. The van der Waals surface area contributed by atoms with Crippen molar-refractivity contribution >= 4 is 17.0 Å². The summed E-state index contributed by atoms with van der Waals surface area (Å²) in [6, 6.07) is 11.0. The van der Waals surface area contributed by atoms with Gasteiger partial charge in [0.25, 0.3) is 11.6 Å². The highest BCUT2D eigenvalue weighted by Crippen LogP contribution is 2.26. The van der Waals surface area contributed by atoms with Gasteiger partial charge < -0.3 is 4.52 Å². The number of carbonyl (C=O) groups is 1. The lowest BCUT2D eigenvalue weighted by molar-refractivity contribution is 0.0708. The Hall–Kier alpha value is -2.73. The van der Waals surface area contributed by atoms with Crippen molar-refractivity contribution in [1.82, 2.24) is 15.6 Å². The van der Waals surface area contributed by atoms with Gasteiger partial charge in [0.05, 0.1) is 22.3 Å². The summed E-state index contributed by atoms with van der Waals surface area (Å²) in [5.41, 5.74) is 4.14. The molecule has 0 aliphatic rings. The molecule has 6 nitrogen and oxygen atoms in total. The van der Waals surface area contributed by atoms with Crippen molar-refractivity contribution in [2.24, 2.45) is 0 Å². The first-order valence-corrected chi connectivity index (χ1v) is 5.97. The monoisotopic (exact) mass is 269 g/mol. The fourth-order valence-corrected chi connectivity index (χ4v) is 2.09. The third kappa shape index (κ3) is 1.92. The summed E-state index contributed by atoms with van der Waals surface area (Å²) < 4.78 is 5.12. The SMILES string of the molecule is Cc1noc2nc(-c3ccccc3)cc(C(=O)NO)c12. The number of nitrogens with zero attached hydrogens (tertiary/aromatic N) is 2. The van der Waals surface area contributed by atoms with Gasteiger partial charge in [-0.1, -0.05) is 35.5 Å². The summed E-state index contributed by atoms with van der Waals surface area (Å²) in [4.78, 5) is 16.2.